The number of thiocarbonyl (C=S) groups is 1. The first-order valence-electron chi connectivity index (χ1n) is 7.59. The number of nitrogens with zero attached hydrogens (tertiary/aromatic N) is 3. The third kappa shape index (κ3) is 3.27. The van der Waals surface area contributed by atoms with Crippen molar-refractivity contribution in [1.82, 2.24) is 14.9 Å². The predicted molar refractivity (Wildman–Crippen MR) is 101 cm³/mol. The zero-order valence-corrected chi connectivity index (χ0v) is 15.2. The molecule has 0 bridgehead atoms. The highest BCUT2D eigenvalue weighted by atomic mass is 32.2. The Morgan fingerprint density at radius 3 is 2.72 bits per heavy atom. The number of para-hydroxylation sites is 1. The molecule has 2 heterocycles. The Bertz CT molecular complexity index is 906. The van der Waals surface area contributed by atoms with Crippen LogP contribution in [0.2, 0.25) is 0 Å². The van der Waals surface area contributed by atoms with Gasteiger partial charge < -0.3 is 5.11 Å². The fraction of sp³-hybridized carbons (Fsp3) is 0.235. The minimum absolute atomic E-state index is 0.253. The van der Waals surface area contributed by atoms with Crippen LogP contribution in [0.15, 0.2) is 35.5 Å². The Balaban J connectivity index is 2.02. The largest absolute Gasteiger partial charge is 0.480 e. The average molecular weight is 373 g/mol. The van der Waals surface area contributed by atoms with Gasteiger partial charge in [-0.05, 0) is 18.1 Å². The molecule has 1 fully saturated rings. The minimum Gasteiger partial charge on any atom is -0.480 e. The number of carboxylic acid groups (broad SMARTS) is 1. The summed E-state index contributed by atoms with van der Waals surface area (Å²) in [6, 6.07) is 4.52. The molecule has 1 amide bonds. The fourth-order valence-corrected chi connectivity index (χ4v) is 4.01. The van der Waals surface area contributed by atoms with Crippen LogP contribution < -0.4 is 0 Å². The lowest BCUT2D eigenvalue weighted by Crippen LogP contribution is -2.47. The van der Waals surface area contributed by atoms with Gasteiger partial charge in [0.25, 0.3) is 5.91 Å². The Kier molecular flexibility index (Phi) is 4.82. The molecule has 128 valence electrons. The number of thioether (sulfide) groups is 1. The van der Waals surface area contributed by atoms with E-state index in [1.807, 2.05) is 18.2 Å². The SMILES string of the molecule is CC(C)[C@H](C(=O)O)N1C(=O)/C(=C/c2cccc3nccnc23)SC1=S. The lowest BCUT2D eigenvalue weighted by atomic mass is 10.0. The number of rotatable bonds is 4. The molecule has 0 unspecified atom stereocenters. The summed E-state index contributed by atoms with van der Waals surface area (Å²) < 4.78 is 0.253. The van der Waals surface area contributed by atoms with Gasteiger partial charge in [0.1, 0.15) is 10.4 Å². The Hall–Kier alpha value is -2.32. The molecule has 1 aliphatic rings. The number of hydrogen-bond acceptors (Lipinski definition) is 6. The van der Waals surface area contributed by atoms with Crippen LogP contribution in [0.1, 0.15) is 19.4 Å². The number of amides is 1. The highest BCUT2D eigenvalue weighted by molar-refractivity contribution is 8.26. The summed E-state index contributed by atoms with van der Waals surface area (Å²) >= 11 is 6.36. The van der Waals surface area contributed by atoms with Gasteiger partial charge in [-0.15, -0.1) is 0 Å². The van der Waals surface area contributed by atoms with Crippen molar-refractivity contribution in [2.24, 2.45) is 5.92 Å². The van der Waals surface area contributed by atoms with Crippen molar-refractivity contribution in [3.05, 3.63) is 41.1 Å². The van der Waals surface area contributed by atoms with Crippen LogP contribution in [0, 0.1) is 5.92 Å². The zero-order valence-electron chi connectivity index (χ0n) is 13.5. The summed E-state index contributed by atoms with van der Waals surface area (Å²) in [4.78, 5) is 34.4. The number of carbonyl (C=O) groups excluding carboxylic acids is 1. The molecule has 0 saturated carbocycles. The summed E-state index contributed by atoms with van der Waals surface area (Å²) in [7, 11) is 0. The molecule has 1 aliphatic heterocycles. The van der Waals surface area contributed by atoms with E-state index < -0.39 is 17.9 Å². The standard InChI is InChI=1S/C17H15N3O3S2/c1-9(2)14(16(22)23)20-15(21)12(25-17(20)24)8-10-4-3-5-11-13(10)19-7-6-18-11/h3-9,14H,1-2H3,(H,22,23)/b12-8-/t14-/m1/s1. The van der Waals surface area contributed by atoms with Crippen molar-refractivity contribution >= 4 is 57.3 Å². The summed E-state index contributed by atoms with van der Waals surface area (Å²) in [5.41, 5.74) is 2.13. The maximum atomic E-state index is 12.8. The van der Waals surface area contributed by atoms with Gasteiger partial charge >= 0.3 is 5.97 Å². The van der Waals surface area contributed by atoms with E-state index in [1.165, 1.54) is 4.90 Å². The predicted octanol–water partition coefficient (Wildman–Crippen LogP) is 2.94. The normalized spacial score (nSPS) is 17.7. The van der Waals surface area contributed by atoms with Crippen molar-refractivity contribution in [3.63, 3.8) is 0 Å². The topological polar surface area (TPSA) is 83.4 Å². The van der Waals surface area contributed by atoms with Crippen molar-refractivity contribution < 1.29 is 14.7 Å². The Morgan fingerprint density at radius 2 is 2.04 bits per heavy atom. The lowest BCUT2D eigenvalue weighted by molar-refractivity contribution is -0.146. The van der Waals surface area contributed by atoms with Gasteiger partial charge in [-0.3, -0.25) is 19.7 Å². The van der Waals surface area contributed by atoms with Crippen molar-refractivity contribution in [2.45, 2.75) is 19.9 Å². The van der Waals surface area contributed by atoms with Gasteiger partial charge in [-0.1, -0.05) is 50.0 Å². The van der Waals surface area contributed by atoms with E-state index in [0.29, 0.717) is 10.4 Å². The quantitative estimate of drug-likeness (QED) is 0.651. The first kappa shape index (κ1) is 17.5. The van der Waals surface area contributed by atoms with Gasteiger partial charge in [0.2, 0.25) is 0 Å². The number of benzene rings is 1. The van der Waals surface area contributed by atoms with Crippen LogP contribution >= 0.6 is 24.0 Å². The Labute approximate surface area is 154 Å². The average Bonchev–Trinajstić information content (AvgIpc) is 2.83. The van der Waals surface area contributed by atoms with Gasteiger partial charge in [0.15, 0.2) is 0 Å². The van der Waals surface area contributed by atoms with Gasteiger partial charge in [0, 0.05) is 18.0 Å². The van der Waals surface area contributed by atoms with Crippen LogP contribution in [0.25, 0.3) is 17.1 Å². The van der Waals surface area contributed by atoms with Crippen molar-refractivity contribution in [3.8, 4) is 0 Å². The number of carbonyl (C=O) groups is 2. The summed E-state index contributed by atoms with van der Waals surface area (Å²) in [6.45, 7) is 3.50. The second-order valence-electron chi connectivity index (χ2n) is 5.85. The first-order valence-corrected chi connectivity index (χ1v) is 8.82. The highest BCUT2D eigenvalue weighted by Gasteiger charge is 2.41. The molecular weight excluding hydrogens is 358 g/mol. The molecule has 1 aromatic heterocycles. The zero-order chi connectivity index (χ0) is 18.1. The third-order valence-corrected chi connectivity index (χ3v) is 5.13. The maximum Gasteiger partial charge on any atom is 0.327 e. The molecule has 1 atom stereocenters. The second kappa shape index (κ2) is 6.89. The molecule has 2 aromatic rings. The van der Waals surface area contributed by atoms with Crippen LogP contribution in [-0.4, -0.2) is 42.2 Å². The molecule has 0 radical (unpaired) electrons. The highest BCUT2D eigenvalue weighted by Crippen LogP contribution is 2.36. The molecule has 0 spiro atoms. The smallest absolute Gasteiger partial charge is 0.327 e. The summed E-state index contributed by atoms with van der Waals surface area (Å²) in [6.07, 6.45) is 4.88. The van der Waals surface area contributed by atoms with E-state index in [0.717, 1.165) is 22.8 Å². The number of fused-ring (bicyclic) bond motifs is 1. The van der Waals surface area contributed by atoms with Crippen molar-refractivity contribution in [2.75, 3.05) is 0 Å². The Morgan fingerprint density at radius 1 is 1.32 bits per heavy atom. The number of aromatic nitrogens is 2. The van der Waals surface area contributed by atoms with Crippen molar-refractivity contribution in [1.29, 1.82) is 0 Å². The van der Waals surface area contributed by atoms with E-state index in [4.69, 9.17) is 12.2 Å². The molecule has 8 heteroatoms. The number of carboxylic acids is 1. The van der Waals surface area contributed by atoms with Gasteiger partial charge in [0.05, 0.1) is 15.9 Å². The molecule has 1 aromatic carbocycles. The molecular formula is C17H15N3O3S2. The molecule has 1 N–H and O–H groups in total. The molecule has 3 rings (SSSR count). The molecule has 25 heavy (non-hydrogen) atoms. The maximum absolute atomic E-state index is 12.8. The van der Waals surface area contributed by atoms with E-state index in [1.54, 1.807) is 32.3 Å². The minimum atomic E-state index is -1.07. The molecule has 6 nitrogen and oxygen atoms in total. The van der Waals surface area contributed by atoms with Gasteiger partial charge in [-0.2, -0.15) is 0 Å². The van der Waals surface area contributed by atoms with E-state index in [2.05, 4.69) is 9.97 Å². The third-order valence-electron chi connectivity index (χ3n) is 3.80. The van der Waals surface area contributed by atoms with E-state index in [-0.39, 0.29) is 10.2 Å². The van der Waals surface area contributed by atoms with Crippen LogP contribution in [-0.2, 0) is 9.59 Å². The van der Waals surface area contributed by atoms with Crippen LogP contribution in [0.4, 0.5) is 0 Å². The first-order chi connectivity index (χ1) is 11.9. The van der Waals surface area contributed by atoms with Crippen LogP contribution in [0.3, 0.4) is 0 Å². The van der Waals surface area contributed by atoms with E-state index in [9.17, 15) is 14.7 Å². The fourth-order valence-electron chi connectivity index (χ4n) is 2.69. The van der Waals surface area contributed by atoms with E-state index >= 15 is 0 Å². The number of aliphatic carboxylic acids is 1. The summed E-state index contributed by atoms with van der Waals surface area (Å²) in [5, 5.41) is 9.46. The second-order valence-corrected chi connectivity index (χ2v) is 7.53. The number of hydrogen-bond donors (Lipinski definition) is 1. The molecule has 1 saturated heterocycles. The van der Waals surface area contributed by atoms with Crippen LogP contribution in [0.5, 0.6) is 0 Å². The molecule has 0 aliphatic carbocycles. The van der Waals surface area contributed by atoms with Gasteiger partial charge in [-0.25, -0.2) is 4.79 Å². The summed E-state index contributed by atoms with van der Waals surface area (Å²) in [5.74, 6) is -1.72. The lowest BCUT2D eigenvalue weighted by Gasteiger charge is -2.26. The monoisotopic (exact) mass is 373 g/mol.